The van der Waals surface area contributed by atoms with Crippen LogP contribution in [0.5, 0.6) is 0 Å². The largest absolute Gasteiger partial charge is 0.388 e. The van der Waals surface area contributed by atoms with Crippen molar-refractivity contribution >= 4 is 30.9 Å². The summed E-state index contributed by atoms with van der Waals surface area (Å²) in [5, 5.41) is 10.2. The maximum atomic E-state index is 10.2. The van der Waals surface area contributed by atoms with Crippen LogP contribution in [-0.4, -0.2) is 112 Å². The number of benzene rings is 1. The zero-order valence-electron chi connectivity index (χ0n) is 32.3. The molecule has 4 aliphatic heterocycles. The number of aliphatic hydroxyl groups is 1. The molecule has 0 amide bonds. The number of rotatable bonds is 9. The number of aromatic nitrogens is 8. The highest BCUT2D eigenvalue weighted by Crippen LogP contribution is 2.64. The molecule has 1 N–H and O–H groups in total. The standard InChI is InChI=1S/C25H32N5O4P.C13H18N4O3/c1-5-18-21(22(31-4)24(32-18)29-15-28-20-16(2)26-14-27-23(20)29)33-35-30-13-9-12-19(30)25(3,34-35)17-10-7-6-8-11-17;1-4-8-10(18)11(19-3)13(20-8)17-6-16-9-7(2)14-5-15-12(9)17/h6-8,10-11,14-15,18-19,21-22,24H,5,9,12-13H2,1-4H3;5-6,8,10-11,13,18H,4H2,1-3H3/t18-,19+,21?,22+,24-,25-,35+;8-,10?,11+,13-/m11/s1. The summed E-state index contributed by atoms with van der Waals surface area (Å²) in [5.74, 6) is 0. The van der Waals surface area contributed by atoms with Crippen molar-refractivity contribution < 1.29 is 33.1 Å². The SMILES string of the molecule is CC[C@H]1O[C@@H](n2cnc3c(C)ncnc32)[C@@H](OC)C1O.CC[C@H]1O[C@@H](n2cnc3c(C)ncnc32)[C@@H](OC)C1O[P@@]1O[C@](C)(c2ccccc2)[C@@H]2CCCN21. The molecule has 11 atom stereocenters. The van der Waals surface area contributed by atoms with Crippen LogP contribution < -0.4 is 0 Å². The van der Waals surface area contributed by atoms with Crippen LogP contribution in [0.3, 0.4) is 0 Å². The molecule has 0 aliphatic carbocycles. The second-order valence-electron chi connectivity index (χ2n) is 14.6. The molecule has 0 bridgehead atoms. The zero-order chi connectivity index (χ0) is 38.4. The van der Waals surface area contributed by atoms with Crippen molar-refractivity contribution in [3.05, 3.63) is 72.6 Å². The lowest BCUT2D eigenvalue weighted by atomic mass is 9.87. The molecule has 4 fully saturated rings. The molecule has 9 rings (SSSR count). The summed E-state index contributed by atoms with van der Waals surface area (Å²) < 4.78 is 43.6. The second-order valence-corrected chi connectivity index (χ2v) is 16.0. The number of methoxy groups -OCH3 is 2. The van der Waals surface area contributed by atoms with E-state index in [1.165, 1.54) is 11.9 Å². The first-order valence-electron chi connectivity index (χ1n) is 19.0. The Kier molecular flexibility index (Phi) is 11.0. The summed E-state index contributed by atoms with van der Waals surface area (Å²) in [4.78, 5) is 26.0. The van der Waals surface area contributed by atoms with Gasteiger partial charge in [0.25, 0.3) is 8.53 Å². The maximum absolute atomic E-state index is 10.2. The molecule has 5 aromatic rings. The Balaban J connectivity index is 0.000000181. The molecule has 55 heavy (non-hydrogen) atoms. The monoisotopic (exact) mass is 775 g/mol. The molecule has 0 spiro atoms. The number of imidazole rings is 2. The minimum atomic E-state index is -1.27. The van der Waals surface area contributed by atoms with E-state index in [9.17, 15) is 5.11 Å². The van der Waals surface area contributed by atoms with E-state index in [-0.39, 0.29) is 24.4 Å². The van der Waals surface area contributed by atoms with Crippen LogP contribution in [0.15, 0.2) is 55.6 Å². The highest BCUT2D eigenvalue weighted by molar-refractivity contribution is 7.45. The fraction of sp³-hybridized carbons (Fsp3) is 0.579. The number of nitrogens with zero attached hydrogens (tertiary/aromatic N) is 9. The summed E-state index contributed by atoms with van der Waals surface area (Å²) >= 11 is 0. The van der Waals surface area contributed by atoms with E-state index < -0.39 is 38.8 Å². The third-order valence-electron chi connectivity index (χ3n) is 11.5. The van der Waals surface area contributed by atoms with E-state index in [4.69, 9.17) is 28.0 Å². The van der Waals surface area contributed by atoms with Crippen LogP contribution in [-0.2, 0) is 33.6 Å². The molecule has 4 aliphatic rings. The van der Waals surface area contributed by atoms with E-state index >= 15 is 0 Å². The molecule has 17 heteroatoms. The van der Waals surface area contributed by atoms with Crippen LogP contribution >= 0.6 is 8.53 Å². The summed E-state index contributed by atoms with van der Waals surface area (Å²) in [6, 6.07) is 10.8. The van der Waals surface area contributed by atoms with E-state index in [1.54, 1.807) is 37.8 Å². The van der Waals surface area contributed by atoms with Crippen molar-refractivity contribution in [3.63, 3.8) is 0 Å². The number of fused-ring (bicyclic) bond motifs is 3. The molecular weight excluding hydrogens is 725 g/mol. The topological polar surface area (TPSA) is 166 Å². The second kappa shape index (κ2) is 15.8. The fourth-order valence-corrected chi connectivity index (χ4v) is 10.6. The third kappa shape index (κ3) is 6.64. The minimum absolute atomic E-state index is 0.138. The van der Waals surface area contributed by atoms with Crippen molar-refractivity contribution in [2.24, 2.45) is 0 Å². The molecule has 4 aromatic heterocycles. The molecule has 1 aromatic carbocycles. The van der Waals surface area contributed by atoms with Gasteiger partial charge in [0.05, 0.1) is 42.3 Å². The number of hydrogen-bond donors (Lipinski definition) is 1. The van der Waals surface area contributed by atoms with Crippen LogP contribution in [0.1, 0.15) is 75.9 Å². The molecule has 16 nitrogen and oxygen atoms in total. The molecule has 2 unspecified atom stereocenters. The molecule has 0 radical (unpaired) electrons. The Morgan fingerprint density at radius 3 is 1.96 bits per heavy atom. The summed E-state index contributed by atoms with van der Waals surface area (Å²) in [6.07, 6.45) is 7.33. The first kappa shape index (κ1) is 38.3. The minimum Gasteiger partial charge on any atom is -0.388 e. The van der Waals surface area contributed by atoms with Crippen LogP contribution in [0.25, 0.3) is 22.3 Å². The quantitative estimate of drug-likeness (QED) is 0.192. The van der Waals surface area contributed by atoms with Crippen LogP contribution in [0, 0.1) is 13.8 Å². The van der Waals surface area contributed by atoms with Crippen molar-refractivity contribution in [2.45, 2.75) is 121 Å². The lowest BCUT2D eigenvalue weighted by molar-refractivity contribution is -0.0497. The Labute approximate surface area is 321 Å². The molecule has 4 saturated heterocycles. The van der Waals surface area contributed by atoms with Gasteiger partial charge < -0.3 is 33.1 Å². The number of ether oxygens (including phenoxy) is 4. The van der Waals surface area contributed by atoms with Gasteiger partial charge >= 0.3 is 0 Å². The van der Waals surface area contributed by atoms with Gasteiger partial charge in [0, 0.05) is 20.8 Å². The highest BCUT2D eigenvalue weighted by Gasteiger charge is 2.57. The first-order valence-corrected chi connectivity index (χ1v) is 20.2. The van der Waals surface area contributed by atoms with Gasteiger partial charge in [-0.3, -0.25) is 9.13 Å². The van der Waals surface area contributed by atoms with Gasteiger partial charge in [0.2, 0.25) is 0 Å². The van der Waals surface area contributed by atoms with E-state index in [0.29, 0.717) is 11.7 Å². The Hall–Kier alpha value is -3.57. The predicted molar refractivity (Wildman–Crippen MR) is 203 cm³/mol. The van der Waals surface area contributed by atoms with E-state index in [1.807, 2.05) is 31.4 Å². The average molecular weight is 776 g/mol. The Morgan fingerprint density at radius 2 is 1.38 bits per heavy atom. The molecule has 0 saturated carbocycles. The fourth-order valence-electron chi connectivity index (χ4n) is 8.47. The third-order valence-corrected chi connectivity index (χ3v) is 13.3. The van der Waals surface area contributed by atoms with Gasteiger partial charge in [-0.25, -0.2) is 34.6 Å². The lowest BCUT2D eigenvalue weighted by Crippen LogP contribution is -2.37. The van der Waals surface area contributed by atoms with E-state index in [0.717, 1.165) is 60.3 Å². The van der Waals surface area contributed by atoms with Gasteiger partial charge in [-0.15, -0.1) is 0 Å². The predicted octanol–water partition coefficient (Wildman–Crippen LogP) is 5.30. The smallest absolute Gasteiger partial charge is 0.260 e. The zero-order valence-corrected chi connectivity index (χ0v) is 33.2. The van der Waals surface area contributed by atoms with Gasteiger partial charge in [-0.1, -0.05) is 44.2 Å². The summed E-state index contributed by atoms with van der Waals surface area (Å²) in [6.45, 7) is 11.1. The number of aryl methyl sites for hydroxylation is 2. The number of aliphatic hydroxyl groups excluding tert-OH is 1. The van der Waals surface area contributed by atoms with Crippen molar-refractivity contribution in [1.82, 2.24) is 43.7 Å². The van der Waals surface area contributed by atoms with Gasteiger partial charge in [-0.05, 0) is 52.0 Å². The van der Waals surface area contributed by atoms with Gasteiger partial charge in [0.15, 0.2) is 23.8 Å². The normalized spacial score (nSPS) is 33.4. The molecular formula is C38H50N9O7P. The average Bonchev–Trinajstić information content (AvgIpc) is 4.06. The van der Waals surface area contributed by atoms with Crippen LogP contribution in [0.2, 0.25) is 0 Å². The van der Waals surface area contributed by atoms with Crippen molar-refractivity contribution in [2.75, 3.05) is 20.8 Å². The Morgan fingerprint density at radius 1 is 0.800 bits per heavy atom. The summed E-state index contributed by atoms with van der Waals surface area (Å²) in [7, 11) is 2.02. The van der Waals surface area contributed by atoms with Crippen molar-refractivity contribution in [3.8, 4) is 0 Å². The highest BCUT2D eigenvalue weighted by atomic mass is 31.2. The van der Waals surface area contributed by atoms with Gasteiger partial charge in [-0.2, -0.15) is 0 Å². The van der Waals surface area contributed by atoms with Crippen molar-refractivity contribution in [1.29, 1.82) is 0 Å². The molecule has 294 valence electrons. The molecule has 8 heterocycles. The first-order chi connectivity index (χ1) is 26.7. The Bertz CT molecular complexity index is 2090. The van der Waals surface area contributed by atoms with Gasteiger partial charge in [0.1, 0.15) is 53.7 Å². The van der Waals surface area contributed by atoms with Crippen LogP contribution in [0.4, 0.5) is 0 Å². The number of hydrogen-bond acceptors (Lipinski definition) is 14. The maximum Gasteiger partial charge on any atom is 0.260 e. The summed E-state index contributed by atoms with van der Waals surface area (Å²) in [5.41, 5.74) is 5.37. The van der Waals surface area contributed by atoms with E-state index in [2.05, 4.69) is 72.7 Å². The lowest BCUT2D eigenvalue weighted by Gasteiger charge is -2.29.